The van der Waals surface area contributed by atoms with Crippen LogP contribution in [-0.2, 0) is 14.3 Å². The summed E-state index contributed by atoms with van der Waals surface area (Å²) in [4.78, 5) is 20.3. The Labute approximate surface area is 126 Å². The summed E-state index contributed by atoms with van der Waals surface area (Å²) in [5, 5.41) is 24.8. The van der Waals surface area contributed by atoms with Gasteiger partial charge in [-0.25, -0.2) is 0 Å². The Morgan fingerprint density at radius 1 is 0.810 bits per heavy atom. The number of unbranched alkanes of at least 4 members (excludes halogenated alkanes) is 5. The summed E-state index contributed by atoms with van der Waals surface area (Å²) < 4.78 is 4.76. The van der Waals surface area contributed by atoms with Crippen molar-refractivity contribution < 1.29 is 29.6 Å². The van der Waals surface area contributed by atoms with Crippen molar-refractivity contribution in [3.63, 3.8) is 0 Å². The molecule has 0 radical (unpaired) electrons. The van der Waals surface area contributed by atoms with Gasteiger partial charge in [0.15, 0.2) is 0 Å². The van der Waals surface area contributed by atoms with Crippen molar-refractivity contribution in [2.45, 2.75) is 51.4 Å². The van der Waals surface area contributed by atoms with Gasteiger partial charge in [0.05, 0.1) is 19.8 Å². The molecular formula is C14H29NO6. The monoisotopic (exact) mass is 307 g/mol. The number of nitrogens with two attached hydrogens (primary N) is 1. The van der Waals surface area contributed by atoms with Crippen LogP contribution in [0.2, 0.25) is 0 Å². The third-order valence-electron chi connectivity index (χ3n) is 2.53. The van der Waals surface area contributed by atoms with Crippen molar-refractivity contribution in [1.82, 2.24) is 0 Å². The van der Waals surface area contributed by atoms with Crippen LogP contribution in [0.3, 0.4) is 0 Å². The lowest BCUT2D eigenvalue weighted by atomic mass is 10.1. The summed E-state index contributed by atoms with van der Waals surface area (Å²) in [6, 6.07) is 0. The number of ether oxygens (including phenoxy) is 1. The van der Waals surface area contributed by atoms with Crippen LogP contribution < -0.4 is 5.73 Å². The maximum atomic E-state index is 10.1. The molecule has 0 aromatic carbocycles. The van der Waals surface area contributed by atoms with Gasteiger partial charge in [0.1, 0.15) is 0 Å². The molecular weight excluding hydrogens is 278 g/mol. The van der Waals surface area contributed by atoms with Crippen molar-refractivity contribution in [1.29, 1.82) is 0 Å². The first-order valence-corrected chi connectivity index (χ1v) is 7.36. The average Bonchev–Trinajstić information content (AvgIpc) is 2.42. The Kier molecular flexibility index (Phi) is 19.8. The molecule has 0 spiro atoms. The Morgan fingerprint density at radius 3 is 1.57 bits per heavy atom. The van der Waals surface area contributed by atoms with Gasteiger partial charge in [-0.05, 0) is 12.8 Å². The SMILES string of the molecule is NCCOCCO.O=C(O)CCCCCCCCC(=O)O. The Morgan fingerprint density at radius 2 is 1.24 bits per heavy atom. The number of aliphatic carboxylic acids is 2. The van der Waals surface area contributed by atoms with E-state index in [0.717, 1.165) is 38.5 Å². The highest BCUT2D eigenvalue weighted by Crippen LogP contribution is 2.08. The van der Waals surface area contributed by atoms with E-state index in [1.807, 2.05) is 0 Å². The number of hydrogen-bond donors (Lipinski definition) is 4. The summed E-state index contributed by atoms with van der Waals surface area (Å²) in [6.45, 7) is 1.55. The lowest BCUT2D eigenvalue weighted by Crippen LogP contribution is -2.10. The zero-order chi connectivity index (χ0) is 16.3. The quantitative estimate of drug-likeness (QED) is 0.376. The first-order chi connectivity index (χ1) is 10.0. The zero-order valence-electron chi connectivity index (χ0n) is 12.6. The number of aliphatic hydroxyl groups is 1. The third kappa shape index (κ3) is 27.9. The number of aliphatic hydroxyl groups excluding tert-OH is 1. The lowest BCUT2D eigenvalue weighted by molar-refractivity contribution is -0.138. The van der Waals surface area contributed by atoms with E-state index in [9.17, 15) is 9.59 Å². The van der Waals surface area contributed by atoms with Gasteiger partial charge < -0.3 is 25.8 Å². The van der Waals surface area contributed by atoms with Crippen LogP contribution in [0, 0.1) is 0 Å². The van der Waals surface area contributed by atoms with Crippen LogP contribution in [0.1, 0.15) is 51.4 Å². The lowest BCUT2D eigenvalue weighted by Gasteiger charge is -1.98. The predicted octanol–water partition coefficient (Wildman–Crippen LogP) is 1.23. The van der Waals surface area contributed by atoms with Gasteiger partial charge in [-0.15, -0.1) is 0 Å². The molecule has 0 amide bonds. The van der Waals surface area contributed by atoms with Crippen LogP contribution >= 0.6 is 0 Å². The first-order valence-electron chi connectivity index (χ1n) is 7.36. The van der Waals surface area contributed by atoms with E-state index in [0.29, 0.717) is 19.8 Å². The van der Waals surface area contributed by atoms with E-state index in [1.165, 1.54) is 0 Å². The second-order valence-corrected chi connectivity index (χ2v) is 4.53. The zero-order valence-corrected chi connectivity index (χ0v) is 12.6. The minimum atomic E-state index is -0.740. The third-order valence-corrected chi connectivity index (χ3v) is 2.53. The molecule has 7 nitrogen and oxygen atoms in total. The van der Waals surface area contributed by atoms with E-state index in [2.05, 4.69) is 0 Å². The summed E-state index contributed by atoms with van der Waals surface area (Å²) in [6.07, 6.45) is 5.82. The first kappa shape index (κ1) is 22.1. The van der Waals surface area contributed by atoms with Crippen molar-refractivity contribution in [2.75, 3.05) is 26.4 Å². The summed E-state index contributed by atoms with van der Waals surface area (Å²) >= 11 is 0. The number of rotatable bonds is 13. The highest BCUT2D eigenvalue weighted by atomic mass is 16.5. The van der Waals surface area contributed by atoms with Crippen LogP contribution in [0.15, 0.2) is 0 Å². The van der Waals surface area contributed by atoms with Crippen LogP contribution in [0.5, 0.6) is 0 Å². The highest BCUT2D eigenvalue weighted by molar-refractivity contribution is 5.66. The van der Waals surface area contributed by atoms with Crippen LogP contribution in [0.25, 0.3) is 0 Å². The molecule has 21 heavy (non-hydrogen) atoms. The molecule has 0 fully saturated rings. The second-order valence-electron chi connectivity index (χ2n) is 4.53. The van der Waals surface area contributed by atoms with Gasteiger partial charge in [0.2, 0.25) is 0 Å². The minimum Gasteiger partial charge on any atom is -0.481 e. The molecule has 0 rings (SSSR count). The van der Waals surface area contributed by atoms with Gasteiger partial charge in [0, 0.05) is 19.4 Å². The molecule has 0 unspecified atom stereocenters. The molecule has 0 bridgehead atoms. The minimum absolute atomic E-state index is 0.0833. The molecule has 0 aliphatic rings. The van der Waals surface area contributed by atoms with E-state index in [-0.39, 0.29) is 19.4 Å². The molecule has 0 aromatic heterocycles. The predicted molar refractivity (Wildman–Crippen MR) is 79.2 cm³/mol. The van der Waals surface area contributed by atoms with Crippen molar-refractivity contribution in [3.05, 3.63) is 0 Å². The fourth-order valence-electron chi connectivity index (χ4n) is 1.51. The molecule has 0 heterocycles. The highest BCUT2D eigenvalue weighted by Gasteiger charge is 1.98. The van der Waals surface area contributed by atoms with Crippen LogP contribution in [-0.4, -0.2) is 53.6 Å². The molecule has 0 atom stereocenters. The molecule has 0 aromatic rings. The fourth-order valence-corrected chi connectivity index (χ4v) is 1.51. The fraction of sp³-hybridized carbons (Fsp3) is 0.857. The molecule has 0 saturated heterocycles. The van der Waals surface area contributed by atoms with Gasteiger partial charge in [-0.1, -0.05) is 25.7 Å². The number of carbonyl (C=O) groups is 2. The number of hydrogen-bond acceptors (Lipinski definition) is 5. The van der Waals surface area contributed by atoms with Gasteiger partial charge in [0.25, 0.3) is 0 Å². The largest absolute Gasteiger partial charge is 0.481 e. The number of carboxylic acids is 2. The normalized spacial score (nSPS) is 9.81. The maximum absolute atomic E-state index is 10.1. The van der Waals surface area contributed by atoms with E-state index >= 15 is 0 Å². The molecule has 5 N–H and O–H groups in total. The smallest absolute Gasteiger partial charge is 0.303 e. The number of carboxylic acid groups (broad SMARTS) is 2. The summed E-state index contributed by atoms with van der Waals surface area (Å²) in [7, 11) is 0. The Balaban J connectivity index is 0. The van der Waals surface area contributed by atoms with E-state index in [4.69, 9.17) is 25.8 Å². The summed E-state index contributed by atoms with van der Waals surface area (Å²) in [5.41, 5.74) is 5.06. The maximum Gasteiger partial charge on any atom is 0.303 e. The molecule has 0 aliphatic carbocycles. The molecule has 0 saturated carbocycles. The molecule has 7 heteroatoms. The average molecular weight is 307 g/mol. The van der Waals surface area contributed by atoms with E-state index < -0.39 is 11.9 Å². The van der Waals surface area contributed by atoms with Gasteiger partial charge in [-0.3, -0.25) is 9.59 Å². The van der Waals surface area contributed by atoms with Gasteiger partial charge in [-0.2, -0.15) is 0 Å². The van der Waals surface area contributed by atoms with Crippen molar-refractivity contribution in [3.8, 4) is 0 Å². The molecule has 126 valence electrons. The second kappa shape index (κ2) is 18.8. The Bertz CT molecular complexity index is 224. The van der Waals surface area contributed by atoms with Crippen LogP contribution in [0.4, 0.5) is 0 Å². The molecule has 0 aliphatic heterocycles. The van der Waals surface area contributed by atoms with Gasteiger partial charge >= 0.3 is 11.9 Å². The van der Waals surface area contributed by atoms with E-state index in [1.54, 1.807) is 0 Å². The van der Waals surface area contributed by atoms with Crippen molar-refractivity contribution in [2.24, 2.45) is 5.73 Å². The van der Waals surface area contributed by atoms with Crippen molar-refractivity contribution >= 4 is 11.9 Å². The Hall–Kier alpha value is -1.18. The summed E-state index contributed by atoms with van der Waals surface area (Å²) in [5.74, 6) is -1.48. The topological polar surface area (TPSA) is 130 Å². The standard InChI is InChI=1S/C10H18O4.C4H11NO2/c11-9(12)7-5-3-1-2-4-6-8-10(13)14;5-1-3-7-4-2-6/h1-8H2,(H,11,12)(H,13,14);6H,1-5H2.